The van der Waals surface area contributed by atoms with Gasteiger partial charge in [0.1, 0.15) is 0 Å². The highest BCUT2D eigenvalue weighted by Gasteiger charge is 2.25. The highest BCUT2D eigenvalue weighted by Crippen LogP contribution is 2.18. The number of phenols is 1. The number of carbonyl (C=O) groups excluding carboxylic acids is 1. The second-order valence-corrected chi connectivity index (χ2v) is 7.15. The number of nitrogens with one attached hydrogen (secondary N) is 2. The van der Waals surface area contributed by atoms with E-state index in [1.165, 1.54) is 12.1 Å². The quantitative estimate of drug-likeness (QED) is 0.558. The van der Waals surface area contributed by atoms with E-state index >= 15 is 0 Å². The molecule has 2 atom stereocenters. The lowest BCUT2D eigenvalue weighted by Gasteiger charge is -2.28. The summed E-state index contributed by atoms with van der Waals surface area (Å²) in [5.41, 5.74) is 0.448. The number of hydrogen-bond acceptors (Lipinski definition) is 5. The summed E-state index contributed by atoms with van der Waals surface area (Å²) in [7, 11) is 0. The number of halogens is 1. The molecule has 27 heavy (non-hydrogen) atoms. The van der Waals surface area contributed by atoms with E-state index < -0.39 is 35.5 Å². The molecule has 2 aromatic rings. The Balaban J connectivity index is 2.16. The molecule has 0 bridgehead atoms. The number of carbonyl (C=O) groups is 1. The fourth-order valence-corrected chi connectivity index (χ4v) is 2.43. The number of hydrogen-bond donors (Lipinski definition) is 4. The lowest BCUT2D eigenvalue weighted by atomic mass is 10.0. The summed E-state index contributed by atoms with van der Waals surface area (Å²) in [5.74, 6) is -1.65. The van der Waals surface area contributed by atoms with Crippen molar-refractivity contribution in [2.75, 3.05) is 5.32 Å². The molecule has 146 valence electrons. The van der Waals surface area contributed by atoms with Crippen molar-refractivity contribution >= 4 is 11.6 Å². The van der Waals surface area contributed by atoms with Gasteiger partial charge < -0.3 is 20.3 Å². The molecule has 4 N–H and O–H groups in total. The number of anilines is 1. The van der Waals surface area contributed by atoms with Crippen LogP contribution in [0.2, 0.25) is 0 Å². The van der Waals surface area contributed by atoms with Crippen molar-refractivity contribution in [1.29, 1.82) is 0 Å². The Morgan fingerprint density at radius 2 is 1.85 bits per heavy atom. The smallest absolute Gasteiger partial charge is 0.242 e. The highest BCUT2D eigenvalue weighted by molar-refractivity contribution is 5.95. The Kier molecular flexibility index (Phi) is 6.90. The molecule has 6 nitrogen and oxygen atoms in total. The summed E-state index contributed by atoms with van der Waals surface area (Å²) >= 11 is 0. The van der Waals surface area contributed by atoms with E-state index in [4.69, 9.17) is 4.74 Å². The molecule has 0 saturated carbocycles. The minimum Gasteiger partial charge on any atom is -0.505 e. The fraction of sp³-hybridized carbons (Fsp3) is 0.350. The monoisotopic (exact) mass is 376 g/mol. The van der Waals surface area contributed by atoms with E-state index in [2.05, 4.69) is 10.6 Å². The Labute approximate surface area is 158 Å². The topological polar surface area (TPSA) is 90.8 Å². The van der Waals surface area contributed by atoms with Gasteiger partial charge in [-0.05, 0) is 57.0 Å². The molecule has 1 unspecified atom stereocenters. The maximum Gasteiger partial charge on any atom is 0.242 e. The zero-order chi connectivity index (χ0) is 20.0. The normalized spacial score (nSPS) is 13.8. The predicted molar refractivity (Wildman–Crippen MR) is 101 cm³/mol. The van der Waals surface area contributed by atoms with Crippen LogP contribution in [0.5, 0.6) is 5.75 Å². The number of aliphatic hydroxyl groups is 1. The Morgan fingerprint density at radius 3 is 2.44 bits per heavy atom. The summed E-state index contributed by atoms with van der Waals surface area (Å²) in [4.78, 5) is 12.7. The summed E-state index contributed by atoms with van der Waals surface area (Å²) in [6, 6.07) is 11.8. The SMILES string of the molecule is CC(C)(C)OC(O)N[C@H](Cc1ccc(O)c(F)c1)C(=O)Nc1ccccc1. The standard InChI is InChI=1S/C20H25FN2O4/c1-20(2,3)27-19(26)23-16(12-13-9-10-17(24)15(21)11-13)18(25)22-14-7-5-4-6-8-14/h4-11,16,19,23-24,26H,12H2,1-3H3,(H,22,25)/t16-,19?/m1/s1. The number of phenolic OH excluding ortho intramolecular Hbond substituents is 1. The van der Waals surface area contributed by atoms with Crippen LogP contribution >= 0.6 is 0 Å². The molecule has 0 aliphatic carbocycles. The van der Waals surface area contributed by atoms with Crippen LogP contribution in [0.1, 0.15) is 26.3 Å². The van der Waals surface area contributed by atoms with Crippen molar-refractivity contribution in [3.05, 3.63) is 59.9 Å². The van der Waals surface area contributed by atoms with Crippen LogP contribution < -0.4 is 10.6 Å². The first-order chi connectivity index (χ1) is 12.6. The second kappa shape index (κ2) is 8.94. The third-order valence-electron chi connectivity index (χ3n) is 3.62. The van der Waals surface area contributed by atoms with Gasteiger partial charge in [-0.15, -0.1) is 0 Å². The maximum absolute atomic E-state index is 13.6. The number of benzene rings is 2. The van der Waals surface area contributed by atoms with Crippen molar-refractivity contribution in [2.24, 2.45) is 0 Å². The molecule has 0 aliphatic heterocycles. The van der Waals surface area contributed by atoms with Gasteiger partial charge in [0.05, 0.1) is 11.6 Å². The van der Waals surface area contributed by atoms with Gasteiger partial charge in [0, 0.05) is 5.69 Å². The third kappa shape index (κ3) is 6.97. The van der Waals surface area contributed by atoms with E-state index in [0.29, 0.717) is 11.3 Å². The fourth-order valence-electron chi connectivity index (χ4n) is 2.43. The summed E-state index contributed by atoms with van der Waals surface area (Å²) in [6.45, 7) is 5.31. The largest absolute Gasteiger partial charge is 0.505 e. The predicted octanol–water partition coefficient (Wildman–Crippen LogP) is 2.76. The van der Waals surface area contributed by atoms with Gasteiger partial charge >= 0.3 is 0 Å². The zero-order valence-electron chi connectivity index (χ0n) is 15.6. The van der Waals surface area contributed by atoms with Crippen LogP contribution in [0, 0.1) is 5.82 Å². The molecule has 0 aliphatic rings. The van der Waals surface area contributed by atoms with Crippen LogP contribution in [0.15, 0.2) is 48.5 Å². The van der Waals surface area contributed by atoms with Crippen molar-refractivity contribution in [3.8, 4) is 5.75 Å². The zero-order valence-corrected chi connectivity index (χ0v) is 15.6. The molecule has 0 radical (unpaired) electrons. The van der Waals surface area contributed by atoms with E-state index in [1.807, 2.05) is 6.07 Å². The molecule has 0 heterocycles. The Morgan fingerprint density at radius 1 is 1.19 bits per heavy atom. The van der Waals surface area contributed by atoms with Crippen LogP contribution in [0.3, 0.4) is 0 Å². The molecule has 1 amide bonds. The van der Waals surface area contributed by atoms with Gasteiger partial charge in [0.25, 0.3) is 0 Å². The molecular formula is C20H25FN2O4. The van der Waals surface area contributed by atoms with Crippen LogP contribution in [-0.2, 0) is 16.0 Å². The molecular weight excluding hydrogens is 351 g/mol. The van der Waals surface area contributed by atoms with E-state index in [9.17, 15) is 19.4 Å². The summed E-state index contributed by atoms with van der Waals surface area (Å²) < 4.78 is 19.0. The average Bonchev–Trinajstić information content (AvgIpc) is 2.57. The molecule has 7 heteroatoms. The van der Waals surface area contributed by atoms with Crippen molar-refractivity contribution in [1.82, 2.24) is 5.32 Å². The van der Waals surface area contributed by atoms with E-state index in [0.717, 1.165) is 6.07 Å². The van der Waals surface area contributed by atoms with Gasteiger partial charge in [0.2, 0.25) is 12.3 Å². The van der Waals surface area contributed by atoms with Crippen LogP contribution in [0.25, 0.3) is 0 Å². The molecule has 0 saturated heterocycles. The molecule has 0 spiro atoms. The number of aromatic hydroxyl groups is 1. The highest BCUT2D eigenvalue weighted by atomic mass is 19.1. The molecule has 2 rings (SSSR count). The van der Waals surface area contributed by atoms with Gasteiger partial charge in [-0.25, -0.2) is 4.39 Å². The number of rotatable bonds is 7. The minimum atomic E-state index is -1.39. The summed E-state index contributed by atoms with van der Waals surface area (Å²) in [5, 5.41) is 24.9. The molecule has 0 aromatic heterocycles. The average molecular weight is 376 g/mol. The van der Waals surface area contributed by atoms with Crippen LogP contribution in [-0.4, -0.2) is 34.2 Å². The lowest BCUT2D eigenvalue weighted by Crippen LogP contribution is -2.50. The van der Waals surface area contributed by atoms with Gasteiger partial charge in [-0.3, -0.25) is 10.1 Å². The molecule has 0 fully saturated rings. The third-order valence-corrected chi connectivity index (χ3v) is 3.62. The van der Waals surface area contributed by atoms with Crippen molar-refractivity contribution < 1.29 is 24.1 Å². The van der Waals surface area contributed by atoms with Crippen molar-refractivity contribution in [3.63, 3.8) is 0 Å². The maximum atomic E-state index is 13.6. The first-order valence-electron chi connectivity index (χ1n) is 8.59. The number of aliphatic hydroxyl groups excluding tert-OH is 1. The first-order valence-corrected chi connectivity index (χ1v) is 8.59. The number of amides is 1. The number of para-hydroxylation sites is 1. The van der Waals surface area contributed by atoms with Crippen LogP contribution in [0.4, 0.5) is 10.1 Å². The van der Waals surface area contributed by atoms with Gasteiger partial charge in [-0.2, -0.15) is 0 Å². The van der Waals surface area contributed by atoms with Gasteiger partial charge in [-0.1, -0.05) is 24.3 Å². The summed E-state index contributed by atoms with van der Waals surface area (Å²) in [6.07, 6.45) is -1.31. The van der Waals surface area contributed by atoms with E-state index in [1.54, 1.807) is 45.0 Å². The number of ether oxygens (including phenoxy) is 1. The first kappa shape index (κ1) is 20.8. The van der Waals surface area contributed by atoms with Gasteiger partial charge in [0.15, 0.2) is 11.6 Å². The molecule has 2 aromatic carbocycles. The lowest BCUT2D eigenvalue weighted by molar-refractivity contribution is -0.186. The van der Waals surface area contributed by atoms with Crippen molar-refractivity contribution in [2.45, 2.75) is 45.2 Å². The Hall–Kier alpha value is -2.48. The Bertz CT molecular complexity index is 762. The second-order valence-electron chi connectivity index (χ2n) is 7.15. The van der Waals surface area contributed by atoms with E-state index in [-0.39, 0.29) is 6.42 Å². The minimum absolute atomic E-state index is 0.0838.